The number of hydrogen-bond donors (Lipinski definition) is 2. The minimum absolute atomic E-state index is 0.0427. The molecule has 2 aliphatic rings. The van der Waals surface area contributed by atoms with Gasteiger partial charge in [-0.2, -0.15) is 5.10 Å². The van der Waals surface area contributed by atoms with Crippen LogP contribution >= 0.6 is 0 Å². The van der Waals surface area contributed by atoms with E-state index in [1.54, 1.807) is 0 Å². The van der Waals surface area contributed by atoms with Crippen molar-refractivity contribution in [2.24, 2.45) is 0 Å². The van der Waals surface area contributed by atoms with Crippen LogP contribution in [0.4, 0.5) is 0 Å². The summed E-state index contributed by atoms with van der Waals surface area (Å²) in [4.78, 5) is 12.0. The molecular weight excluding hydrogens is 230 g/mol. The second-order valence-electron chi connectivity index (χ2n) is 5.30. The quantitative estimate of drug-likeness (QED) is 0.851. The number of nitrogens with one attached hydrogen (secondary N) is 2. The van der Waals surface area contributed by atoms with E-state index in [9.17, 15) is 4.79 Å². The van der Waals surface area contributed by atoms with Crippen LogP contribution in [0.2, 0.25) is 0 Å². The monoisotopic (exact) mass is 249 g/mol. The van der Waals surface area contributed by atoms with E-state index >= 15 is 0 Å². The lowest BCUT2D eigenvalue weighted by atomic mass is 10.1. The zero-order chi connectivity index (χ0) is 12.5. The molecule has 0 spiro atoms. The first kappa shape index (κ1) is 11.7. The van der Waals surface area contributed by atoms with Crippen LogP contribution in [-0.4, -0.2) is 34.9 Å². The van der Waals surface area contributed by atoms with Gasteiger partial charge in [0.2, 0.25) is 0 Å². The van der Waals surface area contributed by atoms with Gasteiger partial charge in [0.15, 0.2) is 0 Å². The number of carbonyl (C=O) groups excluding carboxylic acids is 1. The highest BCUT2D eigenvalue weighted by Crippen LogP contribution is 2.38. The third kappa shape index (κ3) is 2.41. The van der Waals surface area contributed by atoms with E-state index in [2.05, 4.69) is 15.5 Å². The fourth-order valence-corrected chi connectivity index (χ4v) is 2.43. The SMILES string of the molecule is CC(NC(=O)c1cc(C2CC2)[nH]n1)C1CCCO1. The summed E-state index contributed by atoms with van der Waals surface area (Å²) >= 11 is 0. The van der Waals surface area contributed by atoms with Crippen molar-refractivity contribution in [2.45, 2.75) is 50.7 Å². The summed E-state index contributed by atoms with van der Waals surface area (Å²) in [7, 11) is 0. The van der Waals surface area contributed by atoms with Gasteiger partial charge in [0.05, 0.1) is 12.1 Å². The Balaban J connectivity index is 1.59. The summed E-state index contributed by atoms with van der Waals surface area (Å²) in [6, 6.07) is 1.91. The molecule has 1 saturated carbocycles. The molecule has 1 aliphatic carbocycles. The Morgan fingerprint density at radius 3 is 3.06 bits per heavy atom. The first-order chi connectivity index (χ1) is 8.74. The maximum absolute atomic E-state index is 12.0. The zero-order valence-corrected chi connectivity index (χ0v) is 10.6. The minimum Gasteiger partial charge on any atom is -0.376 e. The Kier molecular flexibility index (Phi) is 3.07. The Morgan fingerprint density at radius 2 is 2.39 bits per heavy atom. The molecule has 2 unspecified atom stereocenters. The number of ether oxygens (including phenoxy) is 1. The second kappa shape index (κ2) is 4.72. The topological polar surface area (TPSA) is 67.0 Å². The summed E-state index contributed by atoms with van der Waals surface area (Å²) in [6.45, 7) is 2.79. The number of aromatic amines is 1. The molecule has 2 N–H and O–H groups in total. The van der Waals surface area contributed by atoms with Crippen LogP contribution in [0.5, 0.6) is 0 Å². The minimum atomic E-state index is -0.110. The Bertz CT molecular complexity index is 433. The van der Waals surface area contributed by atoms with E-state index in [0.717, 1.165) is 25.1 Å². The molecule has 1 aromatic rings. The van der Waals surface area contributed by atoms with Crippen LogP contribution < -0.4 is 5.32 Å². The molecule has 3 rings (SSSR count). The second-order valence-corrected chi connectivity index (χ2v) is 5.30. The summed E-state index contributed by atoms with van der Waals surface area (Å²) in [5.74, 6) is 0.482. The van der Waals surface area contributed by atoms with Crippen LogP contribution in [0.1, 0.15) is 54.7 Å². The summed E-state index contributed by atoms with van der Waals surface area (Å²) in [5.41, 5.74) is 1.58. The van der Waals surface area contributed by atoms with E-state index in [0.29, 0.717) is 11.6 Å². The molecule has 5 heteroatoms. The van der Waals surface area contributed by atoms with Crippen molar-refractivity contribution in [1.29, 1.82) is 0 Å². The fraction of sp³-hybridized carbons (Fsp3) is 0.692. The van der Waals surface area contributed by atoms with Crippen LogP contribution in [0, 0.1) is 0 Å². The molecule has 0 aromatic carbocycles. The van der Waals surface area contributed by atoms with Gasteiger partial charge in [-0.05, 0) is 38.7 Å². The Labute approximate surface area is 106 Å². The molecule has 2 heterocycles. The molecule has 1 aromatic heterocycles. The third-order valence-electron chi connectivity index (χ3n) is 3.73. The number of H-pyrrole nitrogens is 1. The van der Waals surface area contributed by atoms with Crippen molar-refractivity contribution in [3.63, 3.8) is 0 Å². The smallest absolute Gasteiger partial charge is 0.272 e. The van der Waals surface area contributed by atoms with Gasteiger partial charge in [-0.15, -0.1) is 0 Å². The van der Waals surface area contributed by atoms with E-state index in [-0.39, 0.29) is 18.1 Å². The highest BCUT2D eigenvalue weighted by Gasteiger charge is 2.28. The molecule has 5 nitrogen and oxygen atoms in total. The van der Waals surface area contributed by atoms with Crippen molar-refractivity contribution in [2.75, 3.05) is 6.61 Å². The van der Waals surface area contributed by atoms with Gasteiger partial charge in [0, 0.05) is 18.2 Å². The maximum Gasteiger partial charge on any atom is 0.272 e. The average molecular weight is 249 g/mol. The van der Waals surface area contributed by atoms with Gasteiger partial charge in [-0.3, -0.25) is 9.89 Å². The summed E-state index contributed by atoms with van der Waals surface area (Å²) in [5, 5.41) is 9.99. The van der Waals surface area contributed by atoms with Crippen molar-refractivity contribution in [1.82, 2.24) is 15.5 Å². The number of hydrogen-bond acceptors (Lipinski definition) is 3. The molecule has 98 valence electrons. The Hall–Kier alpha value is -1.36. The molecule has 1 amide bonds. The van der Waals surface area contributed by atoms with E-state index in [1.165, 1.54) is 12.8 Å². The van der Waals surface area contributed by atoms with Crippen LogP contribution in [-0.2, 0) is 4.74 Å². The van der Waals surface area contributed by atoms with Gasteiger partial charge in [-0.1, -0.05) is 0 Å². The standard InChI is InChI=1S/C13H19N3O2/c1-8(12-3-2-6-18-12)14-13(17)11-7-10(15-16-11)9-4-5-9/h7-9,12H,2-6H2,1H3,(H,14,17)(H,15,16). The van der Waals surface area contributed by atoms with Crippen LogP contribution in [0.3, 0.4) is 0 Å². The highest BCUT2D eigenvalue weighted by atomic mass is 16.5. The number of aromatic nitrogens is 2. The lowest BCUT2D eigenvalue weighted by Crippen LogP contribution is -2.40. The van der Waals surface area contributed by atoms with Crippen molar-refractivity contribution in [3.05, 3.63) is 17.5 Å². The average Bonchev–Trinajstić information content (AvgIpc) is 2.91. The normalized spacial score (nSPS) is 25.1. The first-order valence-electron chi connectivity index (χ1n) is 6.72. The third-order valence-corrected chi connectivity index (χ3v) is 3.73. The van der Waals surface area contributed by atoms with Gasteiger partial charge >= 0.3 is 0 Å². The fourth-order valence-electron chi connectivity index (χ4n) is 2.43. The lowest BCUT2D eigenvalue weighted by molar-refractivity contribution is 0.0709. The van der Waals surface area contributed by atoms with Crippen LogP contribution in [0.25, 0.3) is 0 Å². The van der Waals surface area contributed by atoms with Gasteiger partial charge in [0.25, 0.3) is 5.91 Å². The van der Waals surface area contributed by atoms with Crippen molar-refractivity contribution < 1.29 is 9.53 Å². The zero-order valence-electron chi connectivity index (χ0n) is 10.6. The number of rotatable bonds is 4. The molecule has 0 radical (unpaired) electrons. The number of carbonyl (C=O) groups is 1. The largest absolute Gasteiger partial charge is 0.376 e. The lowest BCUT2D eigenvalue weighted by Gasteiger charge is -2.19. The molecule has 2 fully saturated rings. The summed E-state index contributed by atoms with van der Waals surface area (Å²) < 4.78 is 5.56. The highest BCUT2D eigenvalue weighted by molar-refractivity contribution is 5.92. The molecule has 2 atom stereocenters. The van der Waals surface area contributed by atoms with E-state index in [4.69, 9.17) is 4.74 Å². The Morgan fingerprint density at radius 1 is 1.56 bits per heavy atom. The number of amides is 1. The summed E-state index contributed by atoms with van der Waals surface area (Å²) in [6.07, 6.45) is 4.66. The van der Waals surface area contributed by atoms with Gasteiger partial charge in [0.1, 0.15) is 5.69 Å². The van der Waals surface area contributed by atoms with Gasteiger partial charge in [-0.25, -0.2) is 0 Å². The maximum atomic E-state index is 12.0. The van der Waals surface area contributed by atoms with Crippen molar-refractivity contribution in [3.8, 4) is 0 Å². The van der Waals surface area contributed by atoms with E-state index in [1.807, 2.05) is 13.0 Å². The predicted molar refractivity (Wildman–Crippen MR) is 66.5 cm³/mol. The predicted octanol–water partition coefficient (Wildman–Crippen LogP) is 1.58. The van der Waals surface area contributed by atoms with E-state index < -0.39 is 0 Å². The van der Waals surface area contributed by atoms with Crippen LogP contribution in [0.15, 0.2) is 6.07 Å². The molecule has 18 heavy (non-hydrogen) atoms. The molecule has 0 bridgehead atoms. The number of nitrogens with zero attached hydrogens (tertiary/aromatic N) is 1. The van der Waals surface area contributed by atoms with Gasteiger partial charge < -0.3 is 10.1 Å². The first-order valence-corrected chi connectivity index (χ1v) is 6.72. The molecule has 1 saturated heterocycles. The molecule has 1 aliphatic heterocycles. The van der Waals surface area contributed by atoms with Crippen molar-refractivity contribution >= 4 is 5.91 Å². The molecular formula is C13H19N3O2.